The lowest BCUT2D eigenvalue weighted by Gasteiger charge is -2.23. The first kappa shape index (κ1) is 19.1. The Morgan fingerprint density at radius 3 is 2.63 bits per heavy atom. The summed E-state index contributed by atoms with van der Waals surface area (Å²) in [4.78, 5) is 26.9. The lowest BCUT2D eigenvalue weighted by molar-refractivity contribution is 0.177. The van der Waals surface area contributed by atoms with Gasteiger partial charge in [-0.2, -0.15) is 9.97 Å². The molecule has 2 aromatic heterocycles. The number of aromatic nitrogens is 4. The predicted octanol–water partition coefficient (Wildman–Crippen LogP) is 3.31. The van der Waals surface area contributed by atoms with Gasteiger partial charge in [-0.05, 0) is 18.9 Å². The summed E-state index contributed by atoms with van der Waals surface area (Å²) < 4.78 is 10.5. The first-order chi connectivity index (χ1) is 12.7. The molecule has 3 heterocycles. The van der Waals surface area contributed by atoms with Crippen molar-refractivity contribution >= 4 is 17.9 Å². The third-order valence-electron chi connectivity index (χ3n) is 4.39. The van der Waals surface area contributed by atoms with E-state index < -0.39 is 6.09 Å². The van der Waals surface area contributed by atoms with Crippen LogP contribution in [-0.4, -0.2) is 38.9 Å². The maximum absolute atomic E-state index is 12.1. The molecular weight excluding hydrogens is 348 g/mol. The van der Waals surface area contributed by atoms with Crippen molar-refractivity contribution in [2.75, 3.05) is 16.8 Å². The Morgan fingerprint density at radius 1 is 1.26 bits per heavy atom. The summed E-state index contributed by atoms with van der Waals surface area (Å²) in [5.41, 5.74) is -0.195. The average molecular weight is 374 g/mol. The Bertz CT molecular complexity index is 813. The Kier molecular flexibility index (Phi) is 5.03. The van der Waals surface area contributed by atoms with Gasteiger partial charge in [-0.25, -0.2) is 9.78 Å². The van der Waals surface area contributed by atoms with Crippen LogP contribution in [0.3, 0.4) is 0 Å². The fourth-order valence-corrected chi connectivity index (χ4v) is 2.71. The molecule has 0 radical (unpaired) electrons. The average Bonchev–Trinajstić information content (AvgIpc) is 3.21. The zero-order chi connectivity index (χ0) is 19.8. The molecular formula is C18H26N6O3. The predicted molar refractivity (Wildman–Crippen MR) is 99.5 cm³/mol. The number of hydrogen-bond donors (Lipinski definition) is 1. The number of carbonyl (C=O) groups is 1. The number of carbonyl (C=O) groups excluding carboxylic acids is 1. The SMILES string of the molecule is CC(C)C1COC(=O)N1c1ccnc(N[C@H](C)c2nc(C(C)(C)C)no2)n1. The number of nitrogens with one attached hydrogen (secondary N) is 1. The highest BCUT2D eigenvalue weighted by Crippen LogP contribution is 2.27. The van der Waals surface area contributed by atoms with Crippen LogP contribution in [0.25, 0.3) is 0 Å². The van der Waals surface area contributed by atoms with Crippen LogP contribution in [0.2, 0.25) is 0 Å². The van der Waals surface area contributed by atoms with Gasteiger partial charge >= 0.3 is 6.09 Å². The van der Waals surface area contributed by atoms with Crippen LogP contribution < -0.4 is 10.2 Å². The number of nitrogens with zero attached hydrogens (tertiary/aromatic N) is 5. The van der Waals surface area contributed by atoms with Gasteiger partial charge in [0.15, 0.2) is 5.82 Å². The lowest BCUT2D eigenvalue weighted by Crippen LogP contribution is -2.37. The van der Waals surface area contributed by atoms with Crippen LogP contribution in [-0.2, 0) is 10.2 Å². The molecule has 0 bridgehead atoms. The van der Waals surface area contributed by atoms with Crippen LogP contribution in [0.1, 0.15) is 59.3 Å². The molecule has 1 amide bonds. The van der Waals surface area contributed by atoms with Crippen molar-refractivity contribution < 1.29 is 14.1 Å². The molecule has 9 heteroatoms. The first-order valence-electron chi connectivity index (χ1n) is 9.06. The molecule has 1 saturated heterocycles. The summed E-state index contributed by atoms with van der Waals surface area (Å²) in [7, 11) is 0. The van der Waals surface area contributed by atoms with Crippen molar-refractivity contribution in [3.05, 3.63) is 24.0 Å². The second kappa shape index (κ2) is 7.13. The zero-order valence-corrected chi connectivity index (χ0v) is 16.6. The van der Waals surface area contributed by atoms with Crippen LogP contribution in [0, 0.1) is 5.92 Å². The molecule has 2 aromatic rings. The van der Waals surface area contributed by atoms with Gasteiger partial charge in [0.25, 0.3) is 0 Å². The van der Waals surface area contributed by atoms with Crippen molar-refractivity contribution in [3.63, 3.8) is 0 Å². The molecule has 0 saturated carbocycles. The zero-order valence-electron chi connectivity index (χ0n) is 16.6. The van der Waals surface area contributed by atoms with Gasteiger partial charge in [0.2, 0.25) is 11.8 Å². The number of rotatable bonds is 5. The fraction of sp³-hybridized carbons (Fsp3) is 0.611. The van der Waals surface area contributed by atoms with Crippen LogP contribution in [0.15, 0.2) is 16.8 Å². The van der Waals surface area contributed by atoms with E-state index in [9.17, 15) is 4.79 Å². The number of ether oxygens (including phenoxy) is 1. The molecule has 146 valence electrons. The standard InChI is InChI=1S/C18H26N6O3/c1-10(2)12-9-26-17(25)24(12)13-7-8-19-16(21-13)20-11(3)14-22-15(23-27-14)18(4,5)6/h7-8,10-12H,9H2,1-6H3,(H,19,20,21)/t11-,12?/m1/s1. The molecule has 1 aliphatic heterocycles. The largest absolute Gasteiger partial charge is 0.447 e. The van der Waals surface area contributed by atoms with Crippen molar-refractivity contribution in [1.29, 1.82) is 0 Å². The van der Waals surface area contributed by atoms with Crippen molar-refractivity contribution in [2.24, 2.45) is 5.92 Å². The number of hydrogen-bond acceptors (Lipinski definition) is 8. The van der Waals surface area contributed by atoms with Crippen LogP contribution in [0.4, 0.5) is 16.6 Å². The summed E-state index contributed by atoms with van der Waals surface area (Å²) >= 11 is 0. The minimum atomic E-state index is -0.391. The highest BCUT2D eigenvalue weighted by atomic mass is 16.6. The monoisotopic (exact) mass is 374 g/mol. The molecule has 2 atom stereocenters. The Morgan fingerprint density at radius 2 is 2.00 bits per heavy atom. The molecule has 1 unspecified atom stereocenters. The second-order valence-electron chi connectivity index (χ2n) is 8.07. The lowest BCUT2D eigenvalue weighted by atomic mass is 9.96. The molecule has 9 nitrogen and oxygen atoms in total. The van der Waals surface area contributed by atoms with Crippen molar-refractivity contribution in [2.45, 2.75) is 59.0 Å². The van der Waals surface area contributed by atoms with E-state index in [-0.39, 0.29) is 23.4 Å². The highest BCUT2D eigenvalue weighted by Gasteiger charge is 2.37. The smallest absolute Gasteiger partial charge is 0.415 e. The van der Waals surface area contributed by atoms with Crippen LogP contribution in [0.5, 0.6) is 0 Å². The molecule has 0 aromatic carbocycles. The highest BCUT2D eigenvalue weighted by molar-refractivity contribution is 5.89. The molecule has 1 aliphatic rings. The minimum Gasteiger partial charge on any atom is -0.447 e. The normalized spacial score (nSPS) is 18.7. The van der Waals surface area contributed by atoms with Gasteiger partial charge in [0.05, 0.1) is 6.04 Å². The Labute approximate surface area is 158 Å². The summed E-state index contributed by atoms with van der Waals surface area (Å²) in [6.45, 7) is 12.4. The fourth-order valence-electron chi connectivity index (χ4n) is 2.71. The maximum Gasteiger partial charge on any atom is 0.415 e. The summed E-state index contributed by atoms with van der Waals surface area (Å²) in [5.74, 6) is 2.21. The summed E-state index contributed by atoms with van der Waals surface area (Å²) in [5, 5.41) is 7.18. The Balaban J connectivity index is 1.78. The Hall–Kier alpha value is -2.71. The second-order valence-corrected chi connectivity index (χ2v) is 8.07. The molecule has 0 aliphatic carbocycles. The van der Waals surface area contributed by atoms with E-state index in [0.717, 1.165) is 0 Å². The number of cyclic esters (lactones) is 1. The summed E-state index contributed by atoms with van der Waals surface area (Å²) in [6, 6.07) is 1.36. The maximum atomic E-state index is 12.1. The molecule has 27 heavy (non-hydrogen) atoms. The van der Waals surface area contributed by atoms with Gasteiger partial charge in [0.1, 0.15) is 18.5 Å². The molecule has 3 rings (SSSR count). The van der Waals surface area contributed by atoms with Crippen molar-refractivity contribution in [3.8, 4) is 0 Å². The van der Waals surface area contributed by atoms with E-state index in [4.69, 9.17) is 9.26 Å². The topological polar surface area (TPSA) is 106 Å². The van der Waals surface area contributed by atoms with Gasteiger partial charge in [-0.3, -0.25) is 4.90 Å². The van der Waals surface area contributed by atoms with E-state index in [1.807, 2.05) is 41.5 Å². The third-order valence-corrected chi connectivity index (χ3v) is 4.39. The number of anilines is 2. The molecule has 1 N–H and O–H groups in total. The first-order valence-corrected chi connectivity index (χ1v) is 9.06. The van der Waals surface area contributed by atoms with Gasteiger partial charge in [-0.1, -0.05) is 39.8 Å². The molecule has 1 fully saturated rings. The van der Waals surface area contributed by atoms with Gasteiger partial charge in [-0.15, -0.1) is 0 Å². The minimum absolute atomic E-state index is 0.0528. The third kappa shape index (κ3) is 4.01. The van der Waals surface area contributed by atoms with E-state index >= 15 is 0 Å². The van der Waals surface area contributed by atoms with Crippen molar-refractivity contribution in [1.82, 2.24) is 20.1 Å². The van der Waals surface area contributed by atoms with E-state index in [1.165, 1.54) is 0 Å². The summed E-state index contributed by atoms with van der Waals surface area (Å²) in [6.07, 6.45) is 1.22. The van der Waals surface area contributed by atoms with E-state index in [0.29, 0.717) is 30.1 Å². The van der Waals surface area contributed by atoms with Crippen LogP contribution >= 0.6 is 0 Å². The van der Waals surface area contributed by atoms with E-state index in [1.54, 1.807) is 17.2 Å². The van der Waals surface area contributed by atoms with Gasteiger partial charge in [0, 0.05) is 11.6 Å². The molecule has 0 spiro atoms. The van der Waals surface area contributed by atoms with Gasteiger partial charge < -0.3 is 14.6 Å². The number of amides is 1. The van der Waals surface area contributed by atoms with E-state index in [2.05, 4.69) is 25.4 Å². The quantitative estimate of drug-likeness (QED) is 0.849.